The van der Waals surface area contributed by atoms with E-state index in [4.69, 9.17) is 4.74 Å². The first-order chi connectivity index (χ1) is 7.61. The molecule has 16 heavy (non-hydrogen) atoms. The van der Waals surface area contributed by atoms with Gasteiger partial charge in [-0.1, -0.05) is 13.8 Å². The van der Waals surface area contributed by atoms with Crippen LogP contribution in [0.4, 0.5) is 5.69 Å². The van der Waals surface area contributed by atoms with E-state index in [0.29, 0.717) is 24.4 Å². The number of aromatic nitrogens is 1. The lowest BCUT2D eigenvalue weighted by Crippen LogP contribution is -2.17. The maximum atomic E-state index is 5.29. The molecule has 0 saturated heterocycles. The maximum absolute atomic E-state index is 5.29. The molecule has 1 heterocycles. The average molecular weight is 222 g/mol. The van der Waals surface area contributed by atoms with Crippen LogP contribution in [0, 0.1) is 5.92 Å². The molecule has 1 rings (SSSR count). The van der Waals surface area contributed by atoms with Crippen molar-refractivity contribution in [2.45, 2.75) is 40.2 Å². The average Bonchev–Trinajstić information content (AvgIpc) is 2.20. The Balaban J connectivity index is 2.48. The van der Waals surface area contributed by atoms with Gasteiger partial charge in [0, 0.05) is 12.1 Å². The SMILES string of the molecule is CCOc1ccc(NC(C)CC(C)C)cn1. The number of hydrogen-bond acceptors (Lipinski definition) is 3. The van der Waals surface area contributed by atoms with Crippen molar-refractivity contribution in [2.24, 2.45) is 5.92 Å². The Kier molecular flexibility index (Phi) is 5.09. The molecule has 1 N–H and O–H groups in total. The fourth-order valence-electron chi connectivity index (χ4n) is 1.75. The van der Waals surface area contributed by atoms with Gasteiger partial charge < -0.3 is 10.1 Å². The summed E-state index contributed by atoms with van der Waals surface area (Å²) in [5.41, 5.74) is 1.05. The molecule has 3 nitrogen and oxygen atoms in total. The number of pyridine rings is 1. The monoisotopic (exact) mass is 222 g/mol. The molecule has 1 atom stereocenters. The van der Waals surface area contributed by atoms with Crippen LogP contribution in [0.2, 0.25) is 0 Å². The third-order valence-corrected chi connectivity index (χ3v) is 2.27. The lowest BCUT2D eigenvalue weighted by molar-refractivity contribution is 0.327. The molecule has 0 aliphatic carbocycles. The van der Waals surface area contributed by atoms with Gasteiger partial charge in [-0.05, 0) is 32.3 Å². The van der Waals surface area contributed by atoms with E-state index in [1.165, 1.54) is 0 Å². The van der Waals surface area contributed by atoms with E-state index in [-0.39, 0.29) is 0 Å². The maximum Gasteiger partial charge on any atom is 0.213 e. The predicted molar refractivity (Wildman–Crippen MR) is 67.9 cm³/mol. The zero-order valence-corrected chi connectivity index (χ0v) is 10.7. The van der Waals surface area contributed by atoms with Crippen LogP contribution in [0.5, 0.6) is 5.88 Å². The molecule has 3 heteroatoms. The molecule has 0 saturated carbocycles. The first-order valence-electron chi connectivity index (χ1n) is 5.97. The van der Waals surface area contributed by atoms with Crippen molar-refractivity contribution in [3.8, 4) is 5.88 Å². The fourth-order valence-corrected chi connectivity index (χ4v) is 1.75. The first kappa shape index (κ1) is 12.8. The summed E-state index contributed by atoms with van der Waals surface area (Å²) in [6.07, 6.45) is 2.98. The summed E-state index contributed by atoms with van der Waals surface area (Å²) in [4.78, 5) is 4.22. The summed E-state index contributed by atoms with van der Waals surface area (Å²) in [7, 11) is 0. The lowest BCUT2D eigenvalue weighted by atomic mass is 10.1. The molecule has 0 spiro atoms. The van der Waals surface area contributed by atoms with Gasteiger partial charge >= 0.3 is 0 Å². The molecule has 0 radical (unpaired) electrons. The molecule has 0 bridgehead atoms. The van der Waals surface area contributed by atoms with E-state index in [1.54, 1.807) is 0 Å². The standard InChI is InChI=1S/C13H22N2O/c1-5-16-13-7-6-12(9-14-13)15-11(4)8-10(2)3/h6-7,9-11,15H,5,8H2,1-4H3. The molecule has 90 valence electrons. The van der Waals surface area contributed by atoms with E-state index < -0.39 is 0 Å². The van der Waals surface area contributed by atoms with Crippen molar-refractivity contribution in [3.63, 3.8) is 0 Å². The number of anilines is 1. The van der Waals surface area contributed by atoms with Crippen LogP contribution in [0.25, 0.3) is 0 Å². The molecule has 0 aliphatic rings. The van der Waals surface area contributed by atoms with Gasteiger partial charge in [-0.15, -0.1) is 0 Å². The van der Waals surface area contributed by atoms with Crippen LogP contribution in [-0.2, 0) is 0 Å². The minimum absolute atomic E-state index is 0.472. The van der Waals surface area contributed by atoms with Crippen LogP contribution in [0.15, 0.2) is 18.3 Å². The van der Waals surface area contributed by atoms with Crippen molar-refractivity contribution in [1.29, 1.82) is 0 Å². The summed E-state index contributed by atoms with van der Waals surface area (Å²) in [5, 5.41) is 3.42. The molecule has 1 aromatic rings. The highest BCUT2D eigenvalue weighted by molar-refractivity contribution is 5.42. The van der Waals surface area contributed by atoms with Gasteiger partial charge in [0.15, 0.2) is 0 Å². The van der Waals surface area contributed by atoms with Gasteiger partial charge in [-0.3, -0.25) is 0 Å². The van der Waals surface area contributed by atoms with Gasteiger partial charge in [0.2, 0.25) is 5.88 Å². The van der Waals surface area contributed by atoms with Crippen LogP contribution < -0.4 is 10.1 Å². The highest BCUT2D eigenvalue weighted by atomic mass is 16.5. The number of nitrogens with zero attached hydrogens (tertiary/aromatic N) is 1. The van der Waals surface area contributed by atoms with E-state index in [0.717, 1.165) is 12.1 Å². The Bertz CT molecular complexity index is 295. The van der Waals surface area contributed by atoms with Gasteiger partial charge in [-0.25, -0.2) is 4.98 Å². The topological polar surface area (TPSA) is 34.1 Å². The predicted octanol–water partition coefficient (Wildman–Crippen LogP) is 3.33. The quantitative estimate of drug-likeness (QED) is 0.801. The normalized spacial score (nSPS) is 12.6. The Morgan fingerprint density at radius 2 is 2.06 bits per heavy atom. The Hall–Kier alpha value is -1.25. The summed E-state index contributed by atoms with van der Waals surface area (Å²) < 4.78 is 5.29. The van der Waals surface area contributed by atoms with Crippen molar-refractivity contribution < 1.29 is 4.74 Å². The van der Waals surface area contributed by atoms with Gasteiger partial charge in [0.1, 0.15) is 0 Å². The Labute approximate surface area is 98.2 Å². The second-order valence-corrected chi connectivity index (χ2v) is 4.49. The number of nitrogens with one attached hydrogen (secondary N) is 1. The van der Waals surface area contributed by atoms with E-state index in [2.05, 4.69) is 31.1 Å². The largest absolute Gasteiger partial charge is 0.478 e. The molecule has 1 unspecified atom stereocenters. The molecular formula is C13H22N2O. The molecule has 1 aromatic heterocycles. The van der Waals surface area contributed by atoms with Crippen LogP contribution in [0.3, 0.4) is 0 Å². The molecule has 0 aromatic carbocycles. The fraction of sp³-hybridized carbons (Fsp3) is 0.615. The second kappa shape index (κ2) is 6.36. The zero-order chi connectivity index (χ0) is 12.0. The van der Waals surface area contributed by atoms with Crippen LogP contribution >= 0.6 is 0 Å². The third-order valence-electron chi connectivity index (χ3n) is 2.27. The number of rotatable bonds is 6. The number of hydrogen-bond donors (Lipinski definition) is 1. The van der Waals surface area contributed by atoms with Gasteiger partial charge in [-0.2, -0.15) is 0 Å². The van der Waals surface area contributed by atoms with Crippen molar-refractivity contribution in [1.82, 2.24) is 4.98 Å². The smallest absolute Gasteiger partial charge is 0.213 e. The number of ether oxygens (including phenoxy) is 1. The van der Waals surface area contributed by atoms with Crippen molar-refractivity contribution in [2.75, 3.05) is 11.9 Å². The van der Waals surface area contributed by atoms with E-state index in [1.807, 2.05) is 25.3 Å². The summed E-state index contributed by atoms with van der Waals surface area (Å²) >= 11 is 0. The molecule has 0 aliphatic heterocycles. The summed E-state index contributed by atoms with van der Waals surface area (Å²) in [6.45, 7) is 9.27. The van der Waals surface area contributed by atoms with Gasteiger partial charge in [0.05, 0.1) is 18.5 Å². The third kappa shape index (κ3) is 4.51. The summed E-state index contributed by atoms with van der Waals surface area (Å²) in [6, 6.07) is 4.38. The van der Waals surface area contributed by atoms with E-state index in [9.17, 15) is 0 Å². The van der Waals surface area contributed by atoms with Crippen molar-refractivity contribution >= 4 is 5.69 Å². The van der Waals surface area contributed by atoms with Gasteiger partial charge in [0.25, 0.3) is 0 Å². The van der Waals surface area contributed by atoms with Crippen molar-refractivity contribution in [3.05, 3.63) is 18.3 Å². The zero-order valence-electron chi connectivity index (χ0n) is 10.7. The minimum atomic E-state index is 0.472. The lowest BCUT2D eigenvalue weighted by Gasteiger charge is -2.17. The second-order valence-electron chi connectivity index (χ2n) is 4.49. The van der Waals surface area contributed by atoms with Crippen LogP contribution in [-0.4, -0.2) is 17.6 Å². The molecule has 0 fully saturated rings. The molecule has 0 amide bonds. The molecular weight excluding hydrogens is 200 g/mol. The Morgan fingerprint density at radius 3 is 2.56 bits per heavy atom. The minimum Gasteiger partial charge on any atom is -0.478 e. The van der Waals surface area contributed by atoms with Crippen LogP contribution in [0.1, 0.15) is 34.1 Å². The highest BCUT2D eigenvalue weighted by Crippen LogP contribution is 2.14. The van der Waals surface area contributed by atoms with E-state index >= 15 is 0 Å². The first-order valence-corrected chi connectivity index (χ1v) is 5.97. The highest BCUT2D eigenvalue weighted by Gasteiger charge is 2.05. The summed E-state index contributed by atoms with van der Waals surface area (Å²) in [5.74, 6) is 1.39. The Morgan fingerprint density at radius 1 is 1.31 bits per heavy atom.